The summed E-state index contributed by atoms with van der Waals surface area (Å²) in [5.41, 5.74) is 1.42. The van der Waals surface area contributed by atoms with Crippen molar-refractivity contribution in [1.29, 1.82) is 0 Å². The monoisotopic (exact) mass is 473 g/mol. The molecule has 0 unspecified atom stereocenters. The number of halogens is 3. The molecule has 0 radical (unpaired) electrons. The third-order valence-electron chi connectivity index (χ3n) is 5.48. The van der Waals surface area contributed by atoms with Crippen LogP contribution in [-0.2, 0) is 11.0 Å². The summed E-state index contributed by atoms with van der Waals surface area (Å²) in [6.45, 7) is 5.18. The van der Waals surface area contributed by atoms with Crippen LogP contribution in [0.2, 0.25) is 0 Å². The maximum absolute atomic E-state index is 13.3. The number of aryl methyl sites for hydroxylation is 1. The first-order valence-electron chi connectivity index (χ1n) is 10.7. The summed E-state index contributed by atoms with van der Waals surface area (Å²) in [6, 6.07) is 13.9. The Bertz CT molecular complexity index is 1200. The number of carbonyl (C=O) groups excluding carboxylic acids is 2. The van der Waals surface area contributed by atoms with Crippen LogP contribution in [0.25, 0.3) is 5.69 Å². The molecule has 34 heavy (non-hydrogen) atoms. The standard InChI is InChI=1S/C25H26F3N3O3/c1-5-30(15-23(32)29-22-12-7-6-11-21(22)25(26,27)28)24(33)20-13-16(2)31(17(20)3)18-9-8-10-19(14-18)34-4/h6-14H,5,15H2,1-4H3,(H,29,32). The lowest BCUT2D eigenvalue weighted by Crippen LogP contribution is -2.38. The van der Waals surface area contributed by atoms with Crippen molar-refractivity contribution < 1.29 is 27.5 Å². The fourth-order valence-corrected chi connectivity index (χ4v) is 3.83. The van der Waals surface area contributed by atoms with Crippen molar-refractivity contribution in [3.63, 3.8) is 0 Å². The number of aromatic nitrogens is 1. The normalized spacial score (nSPS) is 11.3. The van der Waals surface area contributed by atoms with Crippen molar-refractivity contribution in [2.24, 2.45) is 0 Å². The third-order valence-corrected chi connectivity index (χ3v) is 5.48. The van der Waals surface area contributed by atoms with Gasteiger partial charge in [0.25, 0.3) is 5.91 Å². The Morgan fingerprint density at radius 2 is 1.76 bits per heavy atom. The van der Waals surface area contributed by atoms with E-state index in [-0.39, 0.29) is 24.7 Å². The minimum atomic E-state index is -4.61. The van der Waals surface area contributed by atoms with Gasteiger partial charge >= 0.3 is 6.18 Å². The molecule has 1 heterocycles. The van der Waals surface area contributed by atoms with Gasteiger partial charge in [-0.3, -0.25) is 9.59 Å². The average molecular weight is 473 g/mol. The number of para-hydroxylation sites is 1. The molecule has 0 spiro atoms. The molecule has 6 nitrogen and oxygen atoms in total. The molecular weight excluding hydrogens is 447 g/mol. The molecule has 9 heteroatoms. The molecule has 1 N–H and O–H groups in total. The maximum Gasteiger partial charge on any atom is 0.418 e. The zero-order valence-electron chi connectivity index (χ0n) is 19.4. The van der Waals surface area contributed by atoms with E-state index in [1.165, 1.54) is 23.1 Å². The molecule has 1 aromatic heterocycles. The number of rotatable bonds is 7. The summed E-state index contributed by atoms with van der Waals surface area (Å²) in [4.78, 5) is 27.1. The van der Waals surface area contributed by atoms with E-state index in [1.54, 1.807) is 27.0 Å². The molecule has 0 fully saturated rings. The average Bonchev–Trinajstić information content (AvgIpc) is 3.10. The zero-order chi connectivity index (χ0) is 25.0. The summed E-state index contributed by atoms with van der Waals surface area (Å²) in [7, 11) is 1.57. The summed E-state index contributed by atoms with van der Waals surface area (Å²) < 4.78 is 46.9. The van der Waals surface area contributed by atoms with Crippen LogP contribution in [0.3, 0.4) is 0 Å². The molecule has 3 rings (SSSR count). The fraction of sp³-hybridized carbons (Fsp3) is 0.280. The first-order valence-corrected chi connectivity index (χ1v) is 10.7. The van der Waals surface area contributed by atoms with Gasteiger partial charge in [-0.2, -0.15) is 13.2 Å². The van der Waals surface area contributed by atoms with Gasteiger partial charge in [0.1, 0.15) is 12.3 Å². The molecule has 0 aliphatic carbocycles. The Morgan fingerprint density at radius 3 is 2.41 bits per heavy atom. The molecule has 0 aliphatic rings. The Balaban J connectivity index is 1.82. The Morgan fingerprint density at radius 1 is 1.06 bits per heavy atom. The van der Waals surface area contributed by atoms with E-state index >= 15 is 0 Å². The van der Waals surface area contributed by atoms with Crippen LogP contribution in [0.5, 0.6) is 5.75 Å². The Kier molecular flexibility index (Phi) is 7.34. The quantitative estimate of drug-likeness (QED) is 0.512. The fourth-order valence-electron chi connectivity index (χ4n) is 3.83. The first kappa shape index (κ1) is 24.9. The summed E-state index contributed by atoms with van der Waals surface area (Å²) >= 11 is 0. The first-order chi connectivity index (χ1) is 16.1. The molecule has 0 saturated carbocycles. The second-order valence-electron chi connectivity index (χ2n) is 7.73. The number of hydrogen-bond donors (Lipinski definition) is 1. The molecule has 3 aromatic rings. The van der Waals surface area contributed by atoms with Crippen molar-refractivity contribution in [2.45, 2.75) is 26.9 Å². The lowest BCUT2D eigenvalue weighted by Gasteiger charge is -2.21. The highest BCUT2D eigenvalue weighted by Gasteiger charge is 2.33. The van der Waals surface area contributed by atoms with Crippen LogP contribution in [-0.4, -0.2) is 41.5 Å². The van der Waals surface area contributed by atoms with Crippen molar-refractivity contribution >= 4 is 17.5 Å². The van der Waals surface area contributed by atoms with Gasteiger partial charge in [-0.05, 0) is 51.1 Å². The van der Waals surface area contributed by atoms with Crippen LogP contribution in [0, 0.1) is 13.8 Å². The largest absolute Gasteiger partial charge is 0.497 e. The topological polar surface area (TPSA) is 63.6 Å². The van der Waals surface area contributed by atoms with E-state index in [1.807, 2.05) is 35.8 Å². The SMILES string of the molecule is CCN(CC(=O)Nc1ccccc1C(F)(F)F)C(=O)c1cc(C)n(-c2cccc(OC)c2)c1C. The van der Waals surface area contributed by atoms with Crippen molar-refractivity contribution in [3.8, 4) is 11.4 Å². The number of nitrogens with one attached hydrogen (secondary N) is 1. The van der Waals surface area contributed by atoms with E-state index in [2.05, 4.69) is 5.32 Å². The van der Waals surface area contributed by atoms with Gasteiger partial charge in [-0.1, -0.05) is 18.2 Å². The molecule has 180 valence electrons. The smallest absolute Gasteiger partial charge is 0.418 e. The second kappa shape index (κ2) is 10.0. The molecule has 0 saturated heterocycles. The predicted molar refractivity (Wildman–Crippen MR) is 123 cm³/mol. The van der Waals surface area contributed by atoms with Gasteiger partial charge in [-0.25, -0.2) is 0 Å². The molecule has 2 amide bonds. The van der Waals surface area contributed by atoms with E-state index in [0.29, 0.717) is 17.0 Å². The lowest BCUT2D eigenvalue weighted by molar-refractivity contribution is -0.137. The Labute approximate surface area is 195 Å². The number of nitrogens with zero attached hydrogens (tertiary/aromatic N) is 2. The molecular formula is C25H26F3N3O3. The number of hydrogen-bond acceptors (Lipinski definition) is 3. The number of methoxy groups -OCH3 is 1. The zero-order valence-corrected chi connectivity index (χ0v) is 19.4. The highest BCUT2D eigenvalue weighted by molar-refractivity contribution is 6.00. The van der Waals surface area contributed by atoms with Gasteiger partial charge in [0.2, 0.25) is 5.91 Å². The molecule has 0 bridgehead atoms. The predicted octanol–water partition coefficient (Wildman–Crippen LogP) is 5.22. The van der Waals surface area contributed by atoms with E-state index < -0.39 is 17.6 Å². The number of alkyl halides is 3. The van der Waals surface area contributed by atoms with Gasteiger partial charge in [-0.15, -0.1) is 0 Å². The third kappa shape index (κ3) is 5.24. The van der Waals surface area contributed by atoms with Gasteiger partial charge < -0.3 is 19.5 Å². The van der Waals surface area contributed by atoms with Crippen LogP contribution < -0.4 is 10.1 Å². The van der Waals surface area contributed by atoms with Crippen molar-refractivity contribution in [2.75, 3.05) is 25.5 Å². The van der Waals surface area contributed by atoms with Crippen LogP contribution in [0.1, 0.15) is 34.2 Å². The van der Waals surface area contributed by atoms with Gasteiger partial charge in [0.15, 0.2) is 0 Å². The number of ether oxygens (including phenoxy) is 1. The number of amides is 2. The number of likely N-dealkylation sites (N-methyl/N-ethyl adjacent to an activating group) is 1. The number of carbonyl (C=O) groups is 2. The number of benzene rings is 2. The molecule has 0 aliphatic heterocycles. The number of anilines is 1. The summed E-state index contributed by atoms with van der Waals surface area (Å²) in [6.07, 6.45) is -4.61. The van der Waals surface area contributed by atoms with E-state index in [9.17, 15) is 22.8 Å². The van der Waals surface area contributed by atoms with Gasteiger partial charge in [0.05, 0.1) is 23.9 Å². The van der Waals surface area contributed by atoms with Crippen molar-refractivity contribution in [3.05, 3.63) is 77.1 Å². The molecule has 0 atom stereocenters. The second-order valence-corrected chi connectivity index (χ2v) is 7.73. The highest BCUT2D eigenvalue weighted by atomic mass is 19.4. The minimum absolute atomic E-state index is 0.204. The van der Waals surface area contributed by atoms with Crippen LogP contribution >= 0.6 is 0 Å². The summed E-state index contributed by atoms with van der Waals surface area (Å²) in [5.74, 6) is -0.429. The van der Waals surface area contributed by atoms with E-state index in [4.69, 9.17) is 4.74 Å². The highest BCUT2D eigenvalue weighted by Crippen LogP contribution is 2.34. The van der Waals surface area contributed by atoms with Crippen LogP contribution in [0.4, 0.5) is 18.9 Å². The minimum Gasteiger partial charge on any atom is -0.497 e. The molecule has 2 aromatic carbocycles. The van der Waals surface area contributed by atoms with Crippen molar-refractivity contribution in [1.82, 2.24) is 9.47 Å². The van der Waals surface area contributed by atoms with Crippen LogP contribution in [0.15, 0.2) is 54.6 Å². The Hall–Kier alpha value is -3.75. The summed E-state index contributed by atoms with van der Waals surface area (Å²) in [5, 5.41) is 2.29. The van der Waals surface area contributed by atoms with Gasteiger partial charge in [0, 0.05) is 29.7 Å². The maximum atomic E-state index is 13.3. The lowest BCUT2D eigenvalue weighted by atomic mass is 10.1. The van der Waals surface area contributed by atoms with E-state index in [0.717, 1.165) is 17.4 Å².